The van der Waals surface area contributed by atoms with Gasteiger partial charge in [-0.2, -0.15) is 0 Å². The molecule has 0 fully saturated rings. The van der Waals surface area contributed by atoms with Crippen molar-refractivity contribution < 1.29 is 14.6 Å². The maximum atomic E-state index is 12.0. The maximum Gasteiger partial charge on any atom is 0.407 e. The summed E-state index contributed by atoms with van der Waals surface area (Å²) in [6.07, 6.45) is 0.276. The lowest BCUT2D eigenvalue weighted by Gasteiger charge is -2.14. The highest BCUT2D eigenvalue weighted by Crippen LogP contribution is 2.39. The molecule has 22 heavy (non-hydrogen) atoms. The number of hydrogen-bond acceptors (Lipinski definition) is 3. The molecule has 1 amide bonds. The van der Waals surface area contributed by atoms with Crippen LogP contribution in [0, 0.1) is 0 Å². The smallest absolute Gasteiger partial charge is 0.407 e. The summed E-state index contributed by atoms with van der Waals surface area (Å²) in [5.74, 6) is 0.0793. The molecule has 2 aromatic carbocycles. The van der Waals surface area contributed by atoms with Crippen molar-refractivity contribution in [1.29, 1.82) is 0 Å². The zero-order valence-corrected chi connectivity index (χ0v) is 12.2. The molecule has 2 N–H and O–H groups in total. The summed E-state index contributed by atoms with van der Waals surface area (Å²) in [5.41, 5.74) is 3.13. The number of hydrogen-bond donors (Lipinski definition) is 2. The van der Waals surface area contributed by atoms with E-state index in [9.17, 15) is 9.90 Å². The van der Waals surface area contributed by atoms with Crippen molar-refractivity contribution in [2.24, 2.45) is 0 Å². The minimum Gasteiger partial charge on any atom is -0.445 e. The first-order valence-corrected chi connectivity index (χ1v) is 7.45. The Hall–Kier alpha value is -2.33. The van der Waals surface area contributed by atoms with Gasteiger partial charge < -0.3 is 15.2 Å². The molecule has 114 valence electrons. The molecule has 4 nitrogen and oxygen atoms in total. The first-order chi connectivity index (χ1) is 10.8. The molecule has 3 rings (SSSR count). The standard InChI is InChI=1S/C18H19NO3/c20-11-14-10-17(16-9-5-4-8-15(14)16)19-18(21)22-12-13-6-2-1-3-7-13/h1-9,14,17,20H,10-12H2,(H,19,21)/t14-,17-/m1/s1. The molecule has 0 spiro atoms. The first kappa shape index (κ1) is 14.6. The molecule has 0 saturated heterocycles. The van der Waals surface area contributed by atoms with Crippen molar-refractivity contribution in [3.8, 4) is 0 Å². The fourth-order valence-corrected chi connectivity index (χ4v) is 2.96. The molecule has 0 heterocycles. The number of amides is 1. The van der Waals surface area contributed by atoms with E-state index in [0.29, 0.717) is 6.42 Å². The molecule has 2 aromatic rings. The summed E-state index contributed by atoms with van der Waals surface area (Å²) in [7, 11) is 0. The van der Waals surface area contributed by atoms with Crippen molar-refractivity contribution >= 4 is 6.09 Å². The van der Waals surface area contributed by atoms with Crippen molar-refractivity contribution in [3.63, 3.8) is 0 Å². The highest BCUT2D eigenvalue weighted by Gasteiger charge is 2.31. The van der Waals surface area contributed by atoms with Crippen LogP contribution in [0.2, 0.25) is 0 Å². The van der Waals surface area contributed by atoms with Gasteiger partial charge in [0, 0.05) is 5.92 Å². The van der Waals surface area contributed by atoms with Crippen LogP contribution in [0.3, 0.4) is 0 Å². The Morgan fingerprint density at radius 2 is 1.77 bits per heavy atom. The van der Waals surface area contributed by atoms with E-state index in [2.05, 4.69) is 5.32 Å². The van der Waals surface area contributed by atoms with Gasteiger partial charge in [0.05, 0.1) is 12.6 Å². The molecule has 0 unspecified atom stereocenters. The third-order valence-electron chi connectivity index (χ3n) is 4.06. The van der Waals surface area contributed by atoms with Crippen LogP contribution in [0.25, 0.3) is 0 Å². The van der Waals surface area contributed by atoms with Crippen LogP contribution in [0.5, 0.6) is 0 Å². The number of fused-ring (bicyclic) bond motifs is 1. The normalized spacial score (nSPS) is 19.5. The molecule has 0 saturated carbocycles. The monoisotopic (exact) mass is 297 g/mol. The van der Waals surface area contributed by atoms with E-state index in [1.54, 1.807) is 0 Å². The van der Waals surface area contributed by atoms with E-state index in [-0.39, 0.29) is 25.2 Å². The van der Waals surface area contributed by atoms with Gasteiger partial charge in [0.15, 0.2) is 0 Å². The van der Waals surface area contributed by atoms with E-state index in [4.69, 9.17) is 4.74 Å². The first-order valence-electron chi connectivity index (χ1n) is 7.45. The molecule has 0 bridgehead atoms. The van der Waals surface area contributed by atoms with Crippen LogP contribution in [0.1, 0.15) is 35.1 Å². The van der Waals surface area contributed by atoms with Gasteiger partial charge in [0.1, 0.15) is 6.61 Å². The lowest BCUT2D eigenvalue weighted by molar-refractivity contribution is 0.134. The summed E-state index contributed by atoms with van der Waals surface area (Å²) >= 11 is 0. The fourth-order valence-electron chi connectivity index (χ4n) is 2.96. The number of carbonyl (C=O) groups is 1. The highest BCUT2D eigenvalue weighted by molar-refractivity contribution is 5.68. The number of carbonyl (C=O) groups excluding carboxylic acids is 1. The van der Waals surface area contributed by atoms with E-state index in [1.807, 2.05) is 54.6 Å². The Balaban J connectivity index is 1.60. The van der Waals surface area contributed by atoms with Gasteiger partial charge in [-0.05, 0) is 23.1 Å². The molecule has 4 heteroatoms. The zero-order chi connectivity index (χ0) is 15.4. The minimum atomic E-state index is -0.428. The van der Waals surface area contributed by atoms with E-state index < -0.39 is 6.09 Å². The van der Waals surface area contributed by atoms with Gasteiger partial charge in [-0.3, -0.25) is 0 Å². The molecule has 1 aliphatic rings. The number of aliphatic hydroxyl groups is 1. The Labute approximate surface area is 129 Å². The van der Waals surface area contributed by atoms with E-state index in [1.165, 1.54) is 0 Å². The van der Waals surface area contributed by atoms with Gasteiger partial charge in [0.25, 0.3) is 0 Å². The second-order valence-electron chi connectivity index (χ2n) is 5.50. The predicted molar refractivity (Wildman–Crippen MR) is 83.4 cm³/mol. The molecule has 2 atom stereocenters. The van der Waals surface area contributed by atoms with Gasteiger partial charge in [-0.15, -0.1) is 0 Å². The van der Waals surface area contributed by atoms with Gasteiger partial charge in [-0.25, -0.2) is 4.79 Å². The molecule has 0 aromatic heterocycles. The topological polar surface area (TPSA) is 58.6 Å². The largest absolute Gasteiger partial charge is 0.445 e. The third-order valence-corrected chi connectivity index (χ3v) is 4.06. The fraction of sp³-hybridized carbons (Fsp3) is 0.278. The molecular weight excluding hydrogens is 278 g/mol. The Kier molecular flexibility index (Phi) is 4.39. The summed E-state index contributed by atoms with van der Waals surface area (Å²) < 4.78 is 5.26. The Bertz CT molecular complexity index is 642. The molecule has 1 aliphatic carbocycles. The van der Waals surface area contributed by atoms with E-state index in [0.717, 1.165) is 16.7 Å². The molecular formula is C18H19NO3. The van der Waals surface area contributed by atoms with Crippen molar-refractivity contribution in [2.75, 3.05) is 6.61 Å². The highest BCUT2D eigenvalue weighted by atomic mass is 16.5. The van der Waals surface area contributed by atoms with Crippen LogP contribution in [0.15, 0.2) is 54.6 Å². The quantitative estimate of drug-likeness (QED) is 0.911. The van der Waals surface area contributed by atoms with Crippen LogP contribution >= 0.6 is 0 Å². The minimum absolute atomic E-state index is 0.0793. The van der Waals surface area contributed by atoms with Gasteiger partial charge in [0.2, 0.25) is 0 Å². The lowest BCUT2D eigenvalue weighted by Crippen LogP contribution is -2.28. The second kappa shape index (κ2) is 6.62. The lowest BCUT2D eigenvalue weighted by atomic mass is 10.0. The number of nitrogens with one attached hydrogen (secondary N) is 1. The average Bonchev–Trinajstić information content (AvgIpc) is 2.92. The van der Waals surface area contributed by atoms with Crippen LogP contribution in [0.4, 0.5) is 4.79 Å². The number of alkyl carbamates (subject to hydrolysis) is 1. The van der Waals surface area contributed by atoms with Crippen LogP contribution in [-0.4, -0.2) is 17.8 Å². The van der Waals surface area contributed by atoms with Gasteiger partial charge >= 0.3 is 6.09 Å². The number of rotatable bonds is 4. The summed E-state index contributed by atoms with van der Waals surface area (Å²) in [4.78, 5) is 12.0. The Morgan fingerprint density at radius 1 is 1.09 bits per heavy atom. The SMILES string of the molecule is O=C(N[C@@H]1C[C@H](CO)c2ccccc21)OCc1ccccc1. The number of aliphatic hydroxyl groups excluding tert-OH is 1. The van der Waals surface area contributed by atoms with Crippen LogP contribution < -0.4 is 5.32 Å². The third kappa shape index (κ3) is 3.12. The van der Waals surface area contributed by atoms with Crippen molar-refractivity contribution in [1.82, 2.24) is 5.32 Å². The summed E-state index contributed by atoms with van der Waals surface area (Å²) in [6, 6.07) is 17.4. The molecule has 0 radical (unpaired) electrons. The summed E-state index contributed by atoms with van der Waals surface area (Å²) in [6.45, 7) is 0.346. The average molecular weight is 297 g/mol. The maximum absolute atomic E-state index is 12.0. The van der Waals surface area contributed by atoms with E-state index >= 15 is 0 Å². The van der Waals surface area contributed by atoms with Crippen LogP contribution in [-0.2, 0) is 11.3 Å². The molecule has 0 aliphatic heterocycles. The van der Waals surface area contributed by atoms with Crippen molar-refractivity contribution in [2.45, 2.75) is 25.0 Å². The number of benzene rings is 2. The summed E-state index contributed by atoms with van der Waals surface area (Å²) in [5, 5.41) is 12.4. The zero-order valence-electron chi connectivity index (χ0n) is 12.2. The Morgan fingerprint density at radius 3 is 2.50 bits per heavy atom. The van der Waals surface area contributed by atoms with Crippen molar-refractivity contribution in [3.05, 3.63) is 71.3 Å². The number of ether oxygens (including phenoxy) is 1. The van der Waals surface area contributed by atoms with Gasteiger partial charge in [-0.1, -0.05) is 54.6 Å². The second-order valence-corrected chi connectivity index (χ2v) is 5.50. The predicted octanol–water partition coefficient (Wildman–Crippen LogP) is 3.13.